The predicted molar refractivity (Wildman–Crippen MR) is 14.1 cm³/mol. The van der Waals surface area contributed by atoms with E-state index >= 15 is 0 Å². The Bertz CT molecular complexity index is 12.9. The smallest absolute Gasteiger partial charge is 1.00 e. The van der Waals surface area contributed by atoms with E-state index in [9.17, 15) is 0 Å². The molecule has 0 aromatic rings. The molecule has 0 amide bonds. The maximum absolute atomic E-state index is 0. The molecule has 0 saturated carbocycles. The second-order valence-electron chi connectivity index (χ2n) is 0. The summed E-state index contributed by atoms with van der Waals surface area (Å²) in [6.45, 7) is 0. The number of hydrogen-bond acceptors (Lipinski definition) is 0. The Morgan fingerprint density at radius 2 is 1.00 bits per heavy atom. The van der Waals surface area contributed by atoms with Gasteiger partial charge >= 0.3 is 107 Å². The third-order valence-electron chi connectivity index (χ3n) is 0. The van der Waals surface area contributed by atoms with Gasteiger partial charge in [0.1, 0.15) is 0 Å². The molecule has 0 rings (SSSR count). The van der Waals surface area contributed by atoms with Crippen LogP contribution in [0, 0.1) is 0 Å². The molecule has 0 unspecified atom stereocenters. The van der Waals surface area contributed by atoms with Crippen LogP contribution in [0.5, 0.6) is 0 Å². The fourth-order valence-electron chi connectivity index (χ4n) is 0. The van der Waals surface area contributed by atoms with Gasteiger partial charge in [0, 0.05) is 0 Å². The average Bonchev–Trinajstić information content (AvgIpc) is 0. The summed E-state index contributed by atoms with van der Waals surface area (Å²) in [5, 5.41) is 0. The molecule has 0 bridgehead atoms. The van der Waals surface area contributed by atoms with E-state index in [1.165, 1.54) is 0 Å². The Hall–Kier alpha value is 3.17. The van der Waals surface area contributed by atoms with E-state index in [0.29, 0.717) is 0 Å². The van der Waals surface area contributed by atoms with Crippen molar-refractivity contribution in [2.75, 3.05) is 0 Å². The van der Waals surface area contributed by atoms with Crippen molar-refractivity contribution < 1.29 is 82.6 Å². The largest absolute Gasteiger partial charge is 2.00 e. The van der Waals surface area contributed by atoms with Gasteiger partial charge in [0.2, 0.25) is 0 Å². The molecule has 0 aliphatic heterocycles. The monoisotopic (exact) mass is 216 g/mol. The van der Waals surface area contributed by atoms with E-state index in [1.54, 1.807) is 0 Å². The summed E-state index contributed by atoms with van der Waals surface area (Å²) < 4.78 is 0. The van der Waals surface area contributed by atoms with Gasteiger partial charge in [-0.15, -0.1) is 0 Å². The molecule has 0 radical (unpaired) electrons. The molecule has 0 aromatic carbocycles. The first-order valence-corrected chi connectivity index (χ1v) is 0. The third kappa shape index (κ3) is 8.95. The first-order valence-electron chi connectivity index (χ1n) is 0. The molecule has 0 aliphatic carbocycles. The fourth-order valence-corrected chi connectivity index (χ4v) is 0. The summed E-state index contributed by atoms with van der Waals surface area (Å²) in [5.41, 5.74) is 0. The van der Waals surface area contributed by atoms with Crippen LogP contribution in [0.3, 0.4) is 0 Å². The molecule has 0 fully saturated rings. The molecule has 0 spiro atoms. The SMILES string of the molecule is F.F.[Ca+2].[Cs+].[H-].[H-].[H-]. The summed E-state index contributed by atoms with van der Waals surface area (Å²) in [4.78, 5) is 0. The zero-order valence-corrected chi connectivity index (χ0v) is 11.0. The van der Waals surface area contributed by atoms with Crippen LogP contribution in [0.2, 0.25) is 0 Å². The van der Waals surface area contributed by atoms with Crippen LogP contribution < -0.4 is 68.9 Å². The molecule has 0 nitrogen and oxygen atoms in total. The van der Waals surface area contributed by atoms with Gasteiger partial charge in [0.15, 0.2) is 0 Å². The molecule has 22 valence electrons. The van der Waals surface area contributed by atoms with Crippen LogP contribution in [0.25, 0.3) is 0 Å². The summed E-state index contributed by atoms with van der Waals surface area (Å²) >= 11 is 0. The maximum Gasteiger partial charge on any atom is 2.00 e. The van der Waals surface area contributed by atoms with E-state index in [1.807, 2.05) is 0 Å². The third-order valence-corrected chi connectivity index (χ3v) is 0. The standard InChI is InChI=1S/Ca.Cs.2FH.3H/h;;2*1H;;;/q+2;+1;;;3*-1. The predicted octanol–water partition coefficient (Wildman–Crippen LogP) is -2.73. The van der Waals surface area contributed by atoms with E-state index < -0.39 is 0 Å². The maximum atomic E-state index is 0. The van der Waals surface area contributed by atoms with E-state index in [2.05, 4.69) is 0 Å². The molecular formula is H5CaCsF2. The van der Waals surface area contributed by atoms with Crippen molar-refractivity contribution in [1.82, 2.24) is 0 Å². The van der Waals surface area contributed by atoms with E-state index in [0.717, 1.165) is 0 Å². The summed E-state index contributed by atoms with van der Waals surface area (Å²) in [7, 11) is 0. The Labute approximate surface area is 117 Å². The molecule has 0 heterocycles. The Kier molecular flexibility index (Phi) is 111. The minimum atomic E-state index is 0. The van der Waals surface area contributed by atoms with Crippen molar-refractivity contribution in [3.63, 3.8) is 0 Å². The van der Waals surface area contributed by atoms with Crippen LogP contribution in [-0.2, 0) is 0 Å². The van der Waals surface area contributed by atoms with Crippen molar-refractivity contribution in [3.05, 3.63) is 0 Å². The normalized spacial score (nSPS) is 0. The van der Waals surface area contributed by atoms with Gasteiger partial charge in [-0.25, -0.2) is 0 Å². The van der Waals surface area contributed by atoms with Crippen LogP contribution >= 0.6 is 0 Å². The van der Waals surface area contributed by atoms with Crippen LogP contribution in [0.1, 0.15) is 4.28 Å². The molecule has 0 aliphatic rings. The van der Waals surface area contributed by atoms with Gasteiger partial charge in [0.25, 0.3) is 0 Å². The number of rotatable bonds is 0. The Morgan fingerprint density at radius 3 is 1.00 bits per heavy atom. The molecule has 0 atom stereocenters. The molecule has 0 aromatic heterocycles. The topological polar surface area (TPSA) is 0 Å². The van der Waals surface area contributed by atoms with E-state index in [4.69, 9.17) is 0 Å². The van der Waals surface area contributed by atoms with Crippen molar-refractivity contribution in [2.24, 2.45) is 0 Å². The van der Waals surface area contributed by atoms with Crippen molar-refractivity contribution in [2.45, 2.75) is 0 Å². The van der Waals surface area contributed by atoms with Crippen molar-refractivity contribution in [3.8, 4) is 0 Å². The fraction of sp³-hybridized carbons (Fsp3) is 0. The first-order chi connectivity index (χ1) is 0. The van der Waals surface area contributed by atoms with Gasteiger partial charge < -0.3 is 4.28 Å². The molecule has 4 heavy (non-hydrogen) atoms. The van der Waals surface area contributed by atoms with Crippen LogP contribution in [-0.4, -0.2) is 37.7 Å². The quantitative estimate of drug-likeness (QED) is 0.385. The van der Waals surface area contributed by atoms with Crippen molar-refractivity contribution >= 4 is 37.7 Å². The first kappa shape index (κ1) is 27.2. The zero-order valence-electron chi connectivity index (χ0n) is 5.52. The Morgan fingerprint density at radius 1 is 1.00 bits per heavy atom. The number of hydrogen-bond donors (Lipinski definition) is 0. The average molecular weight is 216 g/mol. The number of halogens is 2. The molecule has 0 saturated heterocycles. The second kappa shape index (κ2) is 16.4. The summed E-state index contributed by atoms with van der Waals surface area (Å²) in [6, 6.07) is 0. The van der Waals surface area contributed by atoms with Crippen molar-refractivity contribution in [1.29, 1.82) is 0 Å². The van der Waals surface area contributed by atoms with Gasteiger partial charge in [-0.1, -0.05) is 0 Å². The second-order valence-corrected chi connectivity index (χ2v) is 0. The van der Waals surface area contributed by atoms with Gasteiger partial charge in [-0.05, 0) is 0 Å². The molecule has 0 N–H and O–H groups in total. The minimum absolute atomic E-state index is 0. The molecule has 4 heteroatoms. The van der Waals surface area contributed by atoms with Gasteiger partial charge in [-0.3, -0.25) is 9.41 Å². The minimum Gasteiger partial charge on any atom is -1.00 e. The van der Waals surface area contributed by atoms with Gasteiger partial charge in [0.05, 0.1) is 0 Å². The van der Waals surface area contributed by atoms with Crippen LogP contribution in [0.15, 0.2) is 0 Å². The molecular weight excluding hydrogens is 211 g/mol. The van der Waals surface area contributed by atoms with Crippen LogP contribution in [0.4, 0.5) is 9.41 Å². The van der Waals surface area contributed by atoms with E-state index in [-0.39, 0.29) is 120 Å². The van der Waals surface area contributed by atoms with Gasteiger partial charge in [-0.2, -0.15) is 0 Å². The Balaban J connectivity index is 0. The summed E-state index contributed by atoms with van der Waals surface area (Å²) in [6.07, 6.45) is 0. The summed E-state index contributed by atoms with van der Waals surface area (Å²) in [5.74, 6) is 0. The zero-order chi connectivity index (χ0) is 0.